The van der Waals surface area contributed by atoms with Crippen molar-refractivity contribution in [1.82, 2.24) is 0 Å². The summed E-state index contributed by atoms with van der Waals surface area (Å²) in [7, 11) is 0. The second kappa shape index (κ2) is 7.28. The molecule has 0 saturated carbocycles. The molecule has 0 heterocycles. The van der Waals surface area contributed by atoms with Crippen LogP contribution in [0.25, 0.3) is 0 Å². The number of benzene rings is 1. The van der Waals surface area contributed by atoms with Gasteiger partial charge >= 0.3 is 0 Å². The highest BCUT2D eigenvalue weighted by molar-refractivity contribution is 6.42. The largest absolute Gasteiger partial charge is 0.368 e. The Balaban J connectivity index is 2.90. The topological polar surface area (TPSA) is 26.3 Å². The predicted octanol–water partition coefficient (Wildman–Crippen LogP) is 4.70. The standard InChI is InChI=1S/C15H20Cl2O2/c1-4-15(5-2,19-6-3)14(18)10-11-7-8-12(16)13(17)9-11/h7-9H,4-6,10H2,1-3H3. The van der Waals surface area contributed by atoms with E-state index in [1.54, 1.807) is 12.1 Å². The lowest BCUT2D eigenvalue weighted by atomic mass is 9.88. The zero-order valence-electron chi connectivity index (χ0n) is 11.6. The van der Waals surface area contributed by atoms with Crippen molar-refractivity contribution in [1.29, 1.82) is 0 Å². The highest BCUT2D eigenvalue weighted by atomic mass is 35.5. The van der Waals surface area contributed by atoms with Gasteiger partial charge in [0.1, 0.15) is 5.60 Å². The fraction of sp³-hybridized carbons (Fsp3) is 0.533. The Bertz CT molecular complexity index is 440. The van der Waals surface area contributed by atoms with Crippen molar-refractivity contribution < 1.29 is 9.53 Å². The molecule has 0 aliphatic heterocycles. The number of halogens is 2. The van der Waals surface area contributed by atoms with Crippen molar-refractivity contribution in [2.75, 3.05) is 6.61 Å². The first-order valence-corrected chi connectivity index (χ1v) is 7.35. The summed E-state index contributed by atoms with van der Waals surface area (Å²) in [5, 5.41) is 0.974. The zero-order valence-corrected chi connectivity index (χ0v) is 13.1. The first-order valence-electron chi connectivity index (χ1n) is 6.60. The summed E-state index contributed by atoms with van der Waals surface area (Å²) >= 11 is 11.8. The SMILES string of the molecule is CCOC(CC)(CC)C(=O)Cc1ccc(Cl)c(Cl)c1. The van der Waals surface area contributed by atoms with E-state index >= 15 is 0 Å². The number of ketones is 1. The summed E-state index contributed by atoms with van der Waals surface area (Å²) in [6.45, 7) is 6.40. The molecule has 106 valence electrons. The molecule has 1 aromatic carbocycles. The highest BCUT2D eigenvalue weighted by Crippen LogP contribution is 2.26. The smallest absolute Gasteiger partial charge is 0.168 e. The molecule has 1 aromatic rings. The van der Waals surface area contributed by atoms with Gasteiger partial charge in [-0.3, -0.25) is 4.79 Å². The molecule has 0 fully saturated rings. The average Bonchev–Trinajstić information content (AvgIpc) is 2.40. The van der Waals surface area contributed by atoms with E-state index in [0.717, 1.165) is 5.56 Å². The van der Waals surface area contributed by atoms with Crippen LogP contribution in [0.1, 0.15) is 39.2 Å². The van der Waals surface area contributed by atoms with Crippen LogP contribution in [0.3, 0.4) is 0 Å². The van der Waals surface area contributed by atoms with E-state index in [1.807, 2.05) is 26.8 Å². The van der Waals surface area contributed by atoms with Gasteiger partial charge in [0.15, 0.2) is 5.78 Å². The lowest BCUT2D eigenvalue weighted by Crippen LogP contribution is -2.41. The number of hydrogen-bond donors (Lipinski definition) is 0. The molecule has 0 aromatic heterocycles. The molecule has 0 bridgehead atoms. The monoisotopic (exact) mass is 302 g/mol. The summed E-state index contributed by atoms with van der Waals surface area (Å²) in [6, 6.07) is 5.28. The van der Waals surface area contributed by atoms with Crippen molar-refractivity contribution in [3.05, 3.63) is 33.8 Å². The Morgan fingerprint density at radius 2 is 1.79 bits per heavy atom. The number of carbonyl (C=O) groups excluding carboxylic acids is 1. The minimum atomic E-state index is -0.680. The highest BCUT2D eigenvalue weighted by Gasteiger charge is 2.34. The van der Waals surface area contributed by atoms with Gasteiger partial charge in [-0.05, 0) is 37.5 Å². The van der Waals surface area contributed by atoms with Gasteiger partial charge in [-0.15, -0.1) is 0 Å². The summed E-state index contributed by atoms with van der Waals surface area (Å²) in [6.07, 6.45) is 1.67. The maximum Gasteiger partial charge on any atom is 0.168 e. The molecule has 0 atom stereocenters. The van der Waals surface area contributed by atoms with Gasteiger partial charge in [-0.1, -0.05) is 43.1 Å². The van der Waals surface area contributed by atoms with Crippen LogP contribution in [0, 0.1) is 0 Å². The summed E-state index contributed by atoms with van der Waals surface area (Å²) < 4.78 is 5.71. The Kier molecular flexibility index (Phi) is 6.31. The molecule has 2 nitrogen and oxygen atoms in total. The Morgan fingerprint density at radius 3 is 2.26 bits per heavy atom. The molecule has 0 radical (unpaired) electrons. The zero-order chi connectivity index (χ0) is 14.5. The van der Waals surface area contributed by atoms with E-state index in [1.165, 1.54) is 0 Å². The second-order valence-electron chi connectivity index (χ2n) is 4.48. The summed E-state index contributed by atoms with van der Waals surface area (Å²) in [5.74, 6) is 0.0951. The number of ether oxygens (including phenoxy) is 1. The third-order valence-electron chi connectivity index (χ3n) is 3.42. The molecular formula is C15H20Cl2O2. The van der Waals surface area contributed by atoms with Crippen molar-refractivity contribution >= 4 is 29.0 Å². The van der Waals surface area contributed by atoms with Crippen LogP contribution in [-0.4, -0.2) is 18.0 Å². The van der Waals surface area contributed by atoms with Crippen molar-refractivity contribution in [2.45, 2.75) is 45.6 Å². The lowest BCUT2D eigenvalue weighted by Gasteiger charge is -2.30. The lowest BCUT2D eigenvalue weighted by molar-refractivity contribution is -0.144. The van der Waals surface area contributed by atoms with Crippen LogP contribution < -0.4 is 0 Å². The molecule has 0 saturated heterocycles. The third kappa shape index (κ3) is 3.95. The molecule has 1 rings (SSSR count). The third-order valence-corrected chi connectivity index (χ3v) is 4.16. The van der Waals surface area contributed by atoms with E-state index < -0.39 is 5.60 Å². The number of carbonyl (C=O) groups is 1. The first kappa shape index (κ1) is 16.5. The Labute approximate surface area is 125 Å². The van der Waals surface area contributed by atoms with Crippen molar-refractivity contribution in [3.8, 4) is 0 Å². The van der Waals surface area contributed by atoms with E-state index in [-0.39, 0.29) is 5.78 Å². The average molecular weight is 303 g/mol. The molecule has 19 heavy (non-hydrogen) atoms. The van der Waals surface area contributed by atoms with Crippen LogP contribution in [0.2, 0.25) is 10.0 Å². The van der Waals surface area contributed by atoms with E-state index in [4.69, 9.17) is 27.9 Å². The minimum absolute atomic E-state index is 0.0951. The maximum atomic E-state index is 12.5. The van der Waals surface area contributed by atoms with Crippen molar-refractivity contribution in [3.63, 3.8) is 0 Å². The van der Waals surface area contributed by atoms with E-state index in [0.29, 0.717) is 35.9 Å². The van der Waals surface area contributed by atoms with Crippen LogP contribution in [0.5, 0.6) is 0 Å². The van der Waals surface area contributed by atoms with E-state index in [2.05, 4.69) is 0 Å². The van der Waals surface area contributed by atoms with E-state index in [9.17, 15) is 4.79 Å². The fourth-order valence-electron chi connectivity index (χ4n) is 2.20. The molecule has 0 aliphatic carbocycles. The first-order chi connectivity index (χ1) is 8.99. The molecular weight excluding hydrogens is 283 g/mol. The summed E-state index contributed by atoms with van der Waals surface area (Å²) in [5.41, 5.74) is 0.186. The minimum Gasteiger partial charge on any atom is -0.368 e. The quantitative estimate of drug-likeness (QED) is 0.730. The molecule has 0 unspecified atom stereocenters. The molecule has 0 aliphatic rings. The Morgan fingerprint density at radius 1 is 1.16 bits per heavy atom. The molecule has 4 heteroatoms. The predicted molar refractivity (Wildman–Crippen MR) is 80.1 cm³/mol. The molecule has 0 spiro atoms. The van der Waals surface area contributed by atoms with Gasteiger partial charge in [0.05, 0.1) is 10.0 Å². The number of Topliss-reactive ketones (excluding diaryl/α,β-unsaturated/α-hetero) is 1. The van der Waals surface area contributed by atoms with Crippen LogP contribution in [0.4, 0.5) is 0 Å². The fourth-order valence-corrected chi connectivity index (χ4v) is 2.52. The second-order valence-corrected chi connectivity index (χ2v) is 5.30. The van der Waals surface area contributed by atoms with Crippen LogP contribution in [0.15, 0.2) is 18.2 Å². The van der Waals surface area contributed by atoms with Gasteiger partial charge in [0, 0.05) is 13.0 Å². The Hall–Kier alpha value is -0.570. The van der Waals surface area contributed by atoms with Gasteiger partial charge in [-0.25, -0.2) is 0 Å². The molecule has 0 amide bonds. The normalized spacial score (nSPS) is 11.6. The number of hydrogen-bond acceptors (Lipinski definition) is 2. The van der Waals surface area contributed by atoms with Gasteiger partial charge < -0.3 is 4.74 Å². The van der Waals surface area contributed by atoms with Gasteiger partial charge in [-0.2, -0.15) is 0 Å². The van der Waals surface area contributed by atoms with Crippen LogP contribution in [-0.2, 0) is 16.0 Å². The molecule has 0 N–H and O–H groups in total. The number of rotatable bonds is 7. The van der Waals surface area contributed by atoms with Crippen LogP contribution >= 0.6 is 23.2 Å². The maximum absolute atomic E-state index is 12.5. The van der Waals surface area contributed by atoms with Crippen molar-refractivity contribution in [2.24, 2.45) is 0 Å². The van der Waals surface area contributed by atoms with Gasteiger partial charge in [0.25, 0.3) is 0 Å². The van der Waals surface area contributed by atoms with Gasteiger partial charge in [0.2, 0.25) is 0 Å². The summed E-state index contributed by atoms with van der Waals surface area (Å²) in [4.78, 5) is 12.5.